The van der Waals surface area contributed by atoms with Crippen LogP contribution < -0.4 is 5.32 Å². The Morgan fingerprint density at radius 2 is 1.55 bits per heavy atom. The van der Waals surface area contributed by atoms with Crippen LogP contribution in [0.4, 0.5) is 10.1 Å². The number of amides is 1. The number of halogens is 1. The van der Waals surface area contributed by atoms with Gasteiger partial charge in [-0.3, -0.25) is 4.79 Å². The minimum absolute atomic E-state index is 0.204. The Labute approximate surface area is 169 Å². The van der Waals surface area contributed by atoms with Crippen molar-refractivity contribution in [2.75, 3.05) is 18.1 Å². The van der Waals surface area contributed by atoms with Gasteiger partial charge in [-0.2, -0.15) is 4.31 Å². The van der Waals surface area contributed by atoms with Crippen molar-refractivity contribution in [2.24, 2.45) is 0 Å². The smallest absolute Gasteiger partial charge is 0.239 e. The maximum Gasteiger partial charge on any atom is 0.239 e. The highest BCUT2D eigenvalue weighted by Crippen LogP contribution is 2.27. The lowest BCUT2D eigenvalue weighted by Gasteiger charge is -2.20. The molecule has 0 spiro atoms. The van der Waals surface area contributed by atoms with E-state index in [9.17, 15) is 17.6 Å². The second-order valence-electron chi connectivity index (χ2n) is 6.58. The molecule has 0 atom stereocenters. The first-order valence-electron chi connectivity index (χ1n) is 8.97. The SMILES string of the molecule is CS(=O)(=O)N(CC(=O)Nc1ccccc1-c1ccccc1)Cc1ccccc1F. The number of para-hydroxylation sites is 1. The molecule has 0 radical (unpaired) electrons. The van der Waals surface area contributed by atoms with Crippen LogP contribution >= 0.6 is 0 Å². The lowest BCUT2D eigenvalue weighted by atomic mass is 10.0. The molecule has 0 aliphatic rings. The second-order valence-corrected chi connectivity index (χ2v) is 8.56. The third-order valence-electron chi connectivity index (χ3n) is 4.38. The van der Waals surface area contributed by atoms with Crippen molar-refractivity contribution in [1.82, 2.24) is 4.31 Å². The molecular weight excluding hydrogens is 391 g/mol. The van der Waals surface area contributed by atoms with Gasteiger partial charge in [0, 0.05) is 23.4 Å². The Bertz CT molecular complexity index is 1100. The summed E-state index contributed by atoms with van der Waals surface area (Å²) in [5, 5.41) is 2.77. The number of carbonyl (C=O) groups is 1. The monoisotopic (exact) mass is 412 g/mol. The van der Waals surface area contributed by atoms with Gasteiger partial charge in [0.2, 0.25) is 15.9 Å². The molecule has 0 bridgehead atoms. The van der Waals surface area contributed by atoms with Gasteiger partial charge in [0.15, 0.2) is 0 Å². The zero-order chi connectivity index (χ0) is 20.9. The first-order chi connectivity index (χ1) is 13.8. The van der Waals surface area contributed by atoms with E-state index in [1.807, 2.05) is 42.5 Å². The Kier molecular flexibility index (Phi) is 6.41. The van der Waals surface area contributed by atoms with Gasteiger partial charge < -0.3 is 5.32 Å². The number of benzene rings is 3. The number of nitrogens with one attached hydrogen (secondary N) is 1. The Hall–Kier alpha value is -3.03. The van der Waals surface area contributed by atoms with Gasteiger partial charge in [-0.25, -0.2) is 12.8 Å². The average Bonchev–Trinajstić information content (AvgIpc) is 2.69. The maximum absolute atomic E-state index is 13.9. The predicted molar refractivity (Wildman–Crippen MR) is 112 cm³/mol. The highest BCUT2D eigenvalue weighted by atomic mass is 32.2. The van der Waals surface area contributed by atoms with Crippen LogP contribution in [-0.4, -0.2) is 31.4 Å². The number of carbonyl (C=O) groups excluding carboxylic acids is 1. The number of rotatable bonds is 7. The van der Waals surface area contributed by atoms with Crippen LogP contribution in [0.2, 0.25) is 0 Å². The molecule has 0 heterocycles. The first kappa shape index (κ1) is 20.7. The van der Waals surface area contributed by atoms with Crippen molar-refractivity contribution in [3.05, 3.63) is 90.2 Å². The van der Waals surface area contributed by atoms with Crippen molar-refractivity contribution in [3.63, 3.8) is 0 Å². The lowest BCUT2D eigenvalue weighted by Crippen LogP contribution is -2.37. The van der Waals surface area contributed by atoms with Crippen molar-refractivity contribution < 1.29 is 17.6 Å². The molecule has 150 valence electrons. The molecule has 0 aliphatic carbocycles. The quantitative estimate of drug-likeness (QED) is 0.640. The standard InChI is InChI=1S/C22H21FN2O3S/c1-29(27,28)25(15-18-11-5-7-13-20(18)23)16-22(26)24-21-14-8-6-12-19(21)17-9-3-2-4-10-17/h2-14H,15-16H2,1H3,(H,24,26). The third-order valence-corrected chi connectivity index (χ3v) is 5.58. The van der Waals surface area contributed by atoms with Crippen molar-refractivity contribution in [3.8, 4) is 11.1 Å². The van der Waals surface area contributed by atoms with Crippen molar-refractivity contribution in [1.29, 1.82) is 0 Å². The van der Waals surface area contributed by atoms with E-state index < -0.39 is 28.3 Å². The van der Waals surface area contributed by atoms with Crippen molar-refractivity contribution in [2.45, 2.75) is 6.54 Å². The minimum Gasteiger partial charge on any atom is -0.324 e. The fourth-order valence-electron chi connectivity index (χ4n) is 2.92. The molecule has 3 rings (SSSR count). The van der Waals surface area contributed by atoms with Gasteiger partial charge in [0.1, 0.15) is 5.82 Å². The molecule has 29 heavy (non-hydrogen) atoms. The normalized spacial score (nSPS) is 11.4. The maximum atomic E-state index is 13.9. The van der Waals surface area contributed by atoms with Crippen LogP contribution in [0.5, 0.6) is 0 Å². The van der Waals surface area contributed by atoms with Crippen LogP contribution in [0.3, 0.4) is 0 Å². The van der Waals surface area contributed by atoms with Gasteiger partial charge in [-0.05, 0) is 17.7 Å². The number of nitrogens with zero attached hydrogens (tertiary/aromatic N) is 1. The predicted octanol–water partition coefficient (Wildman–Crippen LogP) is 3.89. The lowest BCUT2D eigenvalue weighted by molar-refractivity contribution is -0.116. The largest absolute Gasteiger partial charge is 0.324 e. The number of anilines is 1. The van der Waals surface area contributed by atoms with Gasteiger partial charge in [-0.15, -0.1) is 0 Å². The molecule has 7 heteroatoms. The summed E-state index contributed by atoms with van der Waals surface area (Å²) < 4.78 is 39.2. The van der Waals surface area contributed by atoms with Gasteiger partial charge >= 0.3 is 0 Å². The molecule has 3 aromatic rings. The average molecular weight is 412 g/mol. The summed E-state index contributed by atoms with van der Waals surface area (Å²) in [6.45, 7) is -0.643. The summed E-state index contributed by atoms with van der Waals surface area (Å²) in [5.41, 5.74) is 2.52. The van der Waals surface area contributed by atoms with Gasteiger partial charge in [-0.1, -0.05) is 66.7 Å². The highest BCUT2D eigenvalue weighted by Gasteiger charge is 2.22. The van der Waals surface area contributed by atoms with Crippen LogP contribution in [0, 0.1) is 5.82 Å². The summed E-state index contributed by atoms with van der Waals surface area (Å²) in [6, 6.07) is 22.7. The zero-order valence-electron chi connectivity index (χ0n) is 15.9. The van der Waals surface area contributed by atoms with Crippen LogP contribution in [0.25, 0.3) is 11.1 Å². The molecular formula is C22H21FN2O3S. The number of sulfonamides is 1. The molecule has 5 nitrogen and oxygen atoms in total. The van der Waals surface area contributed by atoms with Crippen LogP contribution in [-0.2, 0) is 21.4 Å². The van der Waals surface area contributed by atoms with E-state index in [-0.39, 0.29) is 12.1 Å². The van der Waals surface area contributed by atoms with E-state index in [0.29, 0.717) is 5.69 Å². The Morgan fingerprint density at radius 3 is 2.24 bits per heavy atom. The summed E-state index contributed by atoms with van der Waals surface area (Å²) in [4.78, 5) is 12.6. The molecule has 0 saturated heterocycles. The molecule has 0 fully saturated rings. The number of hydrogen-bond donors (Lipinski definition) is 1. The molecule has 1 amide bonds. The van der Waals surface area contributed by atoms with E-state index in [1.54, 1.807) is 18.2 Å². The van der Waals surface area contributed by atoms with E-state index in [2.05, 4.69) is 5.32 Å². The highest BCUT2D eigenvalue weighted by molar-refractivity contribution is 7.88. The summed E-state index contributed by atoms with van der Waals surface area (Å²) in [7, 11) is -3.72. The molecule has 0 aromatic heterocycles. The first-order valence-corrected chi connectivity index (χ1v) is 10.8. The Morgan fingerprint density at radius 1 is 0.931 bits per heavy atom. The zero-order valence-corrected chi connectivity index (χ0v) is 16.7. The molecule has 0 aliphatic heterocycles. The summed E-state index contributed by atoms with van der Waals surface area (Å²) >= 11 is 0. The van der Waals surface area contributed by atoms with E-state index in [0.717, 1.165) is 21.7 Å². The molecule has 3 aromatic carbocycles. The topological polar surface area (TPSA) is 66.5 Å². The minimum atomic E-state index is -3.72. The molecule has 0 unspecified atom stereocenters. The molecule has 0 saturated carbocycles. The summed E-state index contributed by atoms with van der Waals surface area (Å²) in [6.07, 6.45) is 0.999. The van der Waals surface area contributed by atoms with E-state index in [4.69, 9.17) is 0 Å². The van der Waals surface area contributed by atoms with Gasteiger partial charge in [0.05, 0.1) is 12.8 Å². The van der Waals surface area contributed by atoms with E-state index in [1.165, 1.54) is 18.2 Å². The Balaban J connectivity index is 1.79. The fraction of sp³-hybridized carbons (Fsp3) is 0.136. The summed E-state index contributed by atoms with van der Waals surface area (Å²) in [5.74, 6) is -1.02. The number of hydrogen-bond acceptors (Lipinski definition) is 3. The third kappa shape index (κ3) is 5.49. The van der Waals surface area contributed by atoms with Crippen molar-refractivity contribution >= 4 is 21.6 Å². The molecule has 1 N–H and O–H groups in total. The second kappa shape index (κ2) is 8.98. The van der Waals surface area contributed by atoms with Gasteiger partial charge in [0.25, 0.3) is 0 Å². The van der Waals surface area contributed by atoms with Crippen LogP contribution in [0.15, 0.2) is 78.9 Å². The van der Waals surface area contributed by atoms with Crippen LogP contribution in [0.1, 0.15) is 5.56 Å². The van der Waals surface area contributed by atoms with E-state index >= 15 is 0 Å². The fourth-order valence-corrected chi connectivity index (χ4v) is 3.64.